The number of imidazole rings is 1. The third-order valence-corrected chi connectivity index (χ3v) is 4.85. The second-order valence-electron chi connectivity index (χ2n) is 6.56. The maximum absolute atomic E-state index is 4.92. The van der Waals surface area contributed by atoms with Crippen molar-refractivity contribution < 1.29 is 0 Å². The van der Waals surface area contributed by atoms with Crippen molar-refractivity contribution >= 4 is 5.95 Å². The first-order chi connectivity index (χ1) is 12.7. The van der Waals surface area contributed by atoms with Crippen molar-refractivity contribution in [3.05, 3.63) is 60.1 Å². The van der Waals surface area contributed by atoms with Crippen molar-refractivity contribution in [2.24, 2.45) is 0 Å². The molecule has 0 aromatic carbocycles. The number of anilines is 1. The number of pyridine rings is 1. The standard InChI is InChI=1S/C19H23N7/c1-14-21-8-10-26(14)18-7-3-5-16(24-18)17-6-4-9-25(17)13-15-11-22-19(20-2)23-12-15/h3,5,7-8,10-12,17H,4,6,9,13H2,1-2H3,(H,20,22,23)/t17-/m0/s1. The molecule has 3 aromatic rings. The molecular weight excluding hydrogens is 326 g/mol. The van der Waals surface area contributed by atoms with E-state index in [-0.39, 0.29) is 0 Å². The van der Waals surface area contributed by atoms with Gasteiger partial charge < -0.3 is 5.32 Å². The summed E-state index contributed by atoms with van der Waals surface area (Å²) in [7, 11) is 1.83. The molecule has 1 N–H and O–H groups in total. The highest BCUT2D eigenvalue weighted by atomic mass is 15.2. The van der Waals surface area contributed by atoms with E-state index in [1.54, 1.807) is 6.20 Å². The van der Waals surface area contributed by atoms with E-state index < -0.39 is 0 Å². The Morgan fingerprint density at radius 1 is 1.19 bits per heavy atom. The average Bonchev–Trinajstić information content (AvgIpc) is 3.31. The molecule has 7 heteroatoms. The van der Waals surface area contributed by atoms with Crippen LogP contribution in [-0.4, -0.2) is 43.0 Å². The number of aromatic nitrogens is 5. The fourth-order valence-corrected chi connectivity index (χ4v) is 3.53. The number of hydrogen-bond acceptors (Lipinski definition) is 6. The highest BCUT2D eigenvalue weighted by molar-refractivity contribution is 5.28. The van der Waals surface area contributed by atoms with Gasteiger partial charge in [0, 0.05) is 43.9 Å². The van der Waals surface area contributed by atoms with E-state index in [4.69, 9.17) is 4.98 Å². The van der Waals surface area contributed by atoms with Gasteiger partial charge in [0.2, 0.25) is 5.95 Å². The molecule has 4 heterocycles. The van der Waals surface area contributed by atoms with Crippen LogP contribution in [-0.2, 0) is 6.54 Å². The van der Waals surface area contributed by atoms with Crippen LogP contribution >= 0.6 is 0 Å². The molecule has 1 aliphatic heterocycles. The molecule has 1 saturated heterocycles. The molecule has 1 aliphatic rings. The van der Waals surface area contributed by atoms with Crippen LogP contribution in [0.4, 0.5) is 5.95 Å². The molecule has 7 nitrogen and oxygen atoms in total. The van der Waals surface area contributed by atoms with Crippen LogP contribution in [0.2, 0.25) is 0 Å². The summed E-state index contributed by atoms with van der Waals surface area (Å²) in [4.78, 5) is 20.3. The van der Waals surface area contributed by atoms with E-state index in [1.807, 2.05) is 43.2 Å². The van der Waals surface area contributed by atoms with Gasteiger partial charge in [0.15, 0.2) is 0 Å². The number of likely N-dealkylation sites (tertiary alicyclic amines) is 1. The van der Waals surface area contributed by atoms with Crippen molar-refractivity contribution in [3.8, 4) is 5.82 Å². The summed E-state index contributed by atoms with van der Waals surface area (Å²) in [6, 6.07) is 6.56. The van der Waals surface area contributed by atoms with Crippen LogP contribution in [0, 0.1) is 6.92 Å². The van der Waals surface area contributed by atoms with E-state index in [2.05, 4.69) is 37.3 Å². The molecule has 1 fully saturated rings. The van der Waals surface area contributed by atoms with Gasteiger partial charge in [-0.2, -0.15) is 0 Å². The van der Waals surface area contributed by atoms with Crippen molar-refractivity contribution in [2.45, 2.75) is 32.4 Å². The van der Waals surface area contributed by atoms with E-state index in [0.29, 0.717) is 12.0 Å². The number of hydrogen-bond donors (Lipinski definition) is 1. The van der Waals surface area contributed by atoms with Crippen molar-refractivity contribution in [3.63, 3.8) is 0 Å². The van der Waals surface area contributed by atoms with Gasteiger partial charge in [-0.15, -0.1) is 0 Å². The molecule has 0 unspecified atom stereocenters. The Bertz CT molecular complexity index is 872. The Morgan fingerprint density at radius 3 is 2.77 bits per heavy atom. The molecule has 3 aromatic heterocycles. The molecule has 0 saturated carbocycles. The van der Waals surface area contributed by atoms with Crippen LogP contribution in [0.15, 0.2) is 43.0 Å². The SMILES string of the molecule is CNc1ncc(CN2CCC[C@H]2c2cccc(-n3ccnc3C)n2)cn1. The molecule has 0 amide bonds. The lowest BCUT2D eigenvalue weighted by molar-refractivity contribution is 0.244. The molecule has 1 atom stereocenters. The van der Waals surface area contributed by atoms with Gasteiger partial charge in [-0.05, 0) is 38.4 Å². The average molecular weight is 349 g/mol. The second kappa shape index (κ2) is 7.21. The van der Waals surface area contributed by atoms with Crippen LogP contribution in [0.1, 0.15) is 36.0 Å². The van der Waals surface area contributed by atoms with Crippen LogP contribution in [0.5, 0.6) is 0 Å². The Hall–Kier alpha value is -2.80. The summed E-state index contributed by atoms with van der Waals surface area (Å²) in [5.74, 6) is 2.52. The van der Waals surface area contributed by atoms with E-state index >= 15 is 0 Å². The van der Waals surface area contributed by atoms with E-state index in [0.717, 1.165) is 42.4 Å². The highest BCUT2D eigenvalue weighted by Gasteiger charge is 2.27. The van der Waals surface area contributed by atoms with Crippen molar-refractivity contribution in [2.75, 3.05) is 18.9 Å². The molecule has 4 rings (SSSR count). The van der Waals surface area contributed by atoms with E-state index in [9.17, 15) is 0 Å². The number of aryl methyl sites for hydroxylation is 1. The predicted octanol–water partition coefficient (Wildman–Crippen LogP) is 2.74. The van der Waals surface area contributed by atoms with Gasteiger partial charge in [0.25, 0.3) is 0 Å². The summed E-state index contributed by atoms with van der Waals surface area (Å²) >= 11 is 0. The third kappa shape index (κ3) is 3.30. The topological polar surface area (TPSA) is 71.8 Å². The fraction of sp³-hybridized carbons (Fsp3) is 0.368. The molecule has 26 heavy (non-hydrogen) atoms. The van der Waals surface area contributed by atoms with Gasteiger partial charge in [-0.3, -0.25) is 9.47 Å². The first-order valence-electron chi connectivity index (χ1n) is 8.94. The van der Waals surface area contributed by atoms with Gasteiger partial charge >= 0.3 is 0 Å². The van der Waals surface area contributed by atoms with Gasteiger partial charge in [0.05, 0.1) is 11.7 Å². The first kappa shape index (κ1) is 16.7. The lowest BCUT2D eigenvalue weighted by atomic mass is 10.1. The zero-order valence-corrected chi connectivity index (χ0v) is 15.1. The molecule has 0 bridgehead atoms. The lowest BCUT2D eigenvalue weighted by Crippen LogP contribution is -2.24. The summed E-state index contributed by atoms with van der Waals surface area (Å²) in [6.45, 7) is 3.89. The van der Waals surface area contributed by atoms with Crippen LogP contribution < -0.4 is 5.32 Å². The maximum atomic E-state index is 4.92. The zero-order valence-electron chi connectivity index (χ0n) is 15.1. The van der Waals surface area contributed by atoms with Gasteiger partial charge in [0.1, 0.15) is 11.6 Å². The van der Waals surface area contributed by atoms with E-state index in [1.165, 1.54) is 6.42 Å². The quantitative estimate of drug-likeness (QED) is 0.764. The highest BCUT2D eigenvalue weighted by Crippen LogP contribution is 2.32. The maximum Gasteiger partial charge on any atom is 0.222 e. The Balaban J connectivity index is 1.55. The fourth-order valence-electron chi connectivity index (χ4n) is 3.53. The summed E-state index contributed by atoms with van der Waals surface area (Å²) < 4.78 is 2.02. The zero-order chi connectivity index (χ0) is 17.9. The molecule has 134 valence electrons. The summed E-state index contributed by atoms with van der Waals surface area (Å²) in [5.41, 5.74) is 2.23. The molecule has 0 spiro atoms. The summed E-state index contributed by atoms with van der Waals surface area (Å²) in [6.07, 6.45) is 9.85. The number of rotatable bonds is 5. The van der Waals surface area contributed by atoms with Gasteiger partial charge in [-0.1, -0.05) is 6.07 Å². The first-order valence-corrected chi connectivity index (χ1v) is 8.94. The molecular formula is C19H23N7. The Morgan fingerprint density at radius 2 is 2.04 bits per heavy atom. The largest absolute Gasteiger partial charge is 0.357 e. The van der Waals surface area contributed by atoms with Crippen molar-refractivity contribution in [1.82, 2.24) is 29.4 Å². The monoisotopic (exact) mass is 349 g/mol. The Labute approximate surface area is 153 Å². The normalized spacial score (nSPS) is 17.5. The number of nitrogens with zero attached hydrogens (tertiary/aromatic N) is 6. The Kier molecular flexibility index (Phi) is 4.62. The van der Waals surface area contributed by atoms with Gasteiger partial charge in [-0.25, -0.2) is 19.9 Å². The summed E-state index contributed by atoms with van der Waals surface area (Å²) in [5, 5.41) is 2.95. The van der Waals surface area contributed by atoms with Crippen LogP contribution in [0.3, 0.4) is 0 Å². The molecule has 0 aliphatic carbocycles. The smallest absolute Gasteiger partial charge is 0.222 e. The minimum Gasteiger partial charge on any atom is -0.357 e. The minimum atomic E-state index is 0.322. The lowest BCUT2D eigenvalue weighted by Gasteiger charge is -2.24. The van der Waals surface area contributed by atoms with Crippen molar-refractivity contribution in [1.29, 1.82) is 0 Å². The third-order valence-electron chi connectivity index (χ3n) is 4.85. The minimum absolute atomic E-state index is 0.322. The second-order valence-corrected chi connectivity index (χ2v) is 6.56. The number of nitrogens with one attached hydrogen (secondary N) is 1. The predicted molar refractivity (Wildman–Crippen MR) is 100 cm³/mol. The van der Waals surface area contributed by atoms with Crippen LogP contribution in [0.25, 0.3) is 5.82 Å². The molecule has 0 radical (unpaired) electrons.